The molecule has 0 aromatic carbocycles. The lowest BCUT2D eigenvalue weighted by Gasteiger charge is -2.30. The highest BCUT2D eigenvalue weighted by atomic mass is 32.2. The van der Waals surface area contributed by atoms with Crippen molar-refractivity contribution in [2.24, 2.45) is 5.41 Å². The molecular formula is C45H68N7O17P3S. The third-order valence-electron chi connectivity index (χ3n) is 10.1. The number of aliphatic hydroxyl groups excluding tert-OH is 2. The molecule has 3 heterocycles. The molecule has 2 aromatic rings. The molecule has 73 heavy (non-hydrogen) atoms. The number of phosphoric ester groups is 3. The predicted octanol–water partition coefficient (Wildman–Crippen LogP) is 5.70. The van der Waals surface area contributed by atoms with Crippen molar-refractivity contribution < 1.29 is 80.5 Å². The van der Waals surface area contributed by atoms with Crippen molar-refractivity contribution in [3.05, 3.63) is 97.7 Å². The van der Waals surface area contributed by atoms with Gasteiger partial charge in [-0.15, -0.1) is 0 Å². The maximum Gasteiger partial charge on any atom is 0.481 e. The summed E-state index contributed by atoms with van der Waals surface area (Å²) in [5.74, 6) is -1.16. The fraction of sp³-hybridized carbons (Fsp3) is 0.511. The van der Waals surface area contributed by atoms with Crippen LogP contribution in [0.4, 0.5) is 5.82 Å². The van der Waals surface area contributed by atoms with Crippen LogP contribution in [0, 0.1) is 5.41 Å². The molecule has 1 aliphatic rings. The number of rotatable bonds is 34. The van der Waals surface area contributed by atoms with Crippen LogP contribution in [0.2, 0.25) is 0 Å². The number of anilines is 1. The zero-order chi connectivity index (χ0) is 53.9. The van der Waals surface area contributed by atoms with Gasteiger partial charge in [-0.1, -0.05) is 112 Å². The molecule has 0 saturated carbocycles. The van der Waals surface area contributed by atoms with E-state index in [0.29, 0.717) is 12.2 Å². The summed E-state index contributed by atoms with van der Waals surface area (Å²) in [5.41, 5.74) is 4.26. The second kappa shape index (κ2) is 32.2. The molecule has 0 bridgehead atoms. The number of aliphatic hydroxyl groups is 2. The Morgan fingerprint density at radius 2 is 1.41 bits per heavy atom. The summed E-state index contributed by atoms with van der Waals surface area (Å²) in [7, 11) is -16.4. The number of nitrogens with one attached hydrogen (secondary N) is 2. The van der Waals surface area contributed by atoms with Gasteiger partial charge in [0.15, 0.2) is 17.7 Å². The fourth-order valence-electron chi connectivity index (χ4n) is 6.34. The zero-order valence-corrected chi connectivity index (χ0v) is 44.3. The molecule has 406 valence electrons. The van der Waals surface area contributed by atoms with Crippen LogP contribution in [0.15, 0.2) is 97.7 Å². The maximum atomic E-state index is 12.8. The van der Waals surface area contributed by atoms with E-state index < -0.39 is 84.6 Å². The minimum absolute atomic E-state index is 0.0284. The number of hydrogen-bond acceptors (Lipinski definition) is 18. The van der Waals surface area contributed by atoms with Crippen molar-refractivity contribution >= 4 is 69.1 Å². The molecule has 2 aromatic heterocycles. The third-order valence-corrected chi connectivity index (χ3v) is 14.0. The molecular weight excluding hydrogens is 1040 g/mol. The molecule has 3 rings (SSSR count). The predicted molar refractivity (Wildman–Crippen MR) is 274 cm³/mol. The summed E-state index contributed by atoms with van der Waals surface area (Å²) >= 11 is 1.03. The van der Waals surface area contributed by atoms with E-state index >= 15 is 0 Å². The highest BCUT2D eigenvalue weighted by Crippen LogP contribution is 2.61. The van der Waals surface area contributed by atoms with Gasteiger partial charge in [0.1, 0.15) is 36.3 Å². The summed E-state index contributed by atoms with van der Waals surface area (Å²) < 4.78 is 62.5. The average Bonchev–Trinajstić information content (AvgIpc) is 3.88. The van der Waals surface area contributed by atoms with Crippen LogP contribution < -0.4 is 16.4 Å². The number of phosphoric acid groups is 3. The minimum atomic E-state index is -5.59. The number of thioether (sulfide) groups is 1. The monoisotopic (exact) mass is 1100 g/mol. The van der Waals surface area contributed by atoms with Crippen molar-refractivity contribution in [1.29, 1.82) is 0 Å². The number of ether oxygens (including phenoxy) is 1. The van der Waals surface area contributed by atoms with Crippen LogP contribution in [0.25, 0.3) is 11.2 Å². The molecule has 28 heteroatoms. The van der Waals surface area contributed by atoms with Crippen LogP contribution in [0.5, 0.6) is 0 Å². The molecule has 1 aliphatic heterocycles. The second-order valence-electron chi connectivity index (χ2n) is 16.6. The first-order chi connectivity index (χ1) is 34.6. The quantitative estimate of drug-likeness (QED) is 0.0176. The van der Waals surface area contributed by atoms with Gasteiger partial charge in [0, 0.05) is 30.7 Å². The molecule has 24 nitrogen and oxygen atoms in total. The molecule has 0 spiro atoms. The van der Waals surface area contributed by atoms with E-state index in [9.17, 15) is 57.9 Å². The smallest absolute Gasteiger partial charge is 0.386 e. The Morgan fingerprint density at radius 1 is 0.836 bits per heavy atom. The molecule has 7 atom stereocenters. The van der Waals surface area contributed by atoms with Gasteiger partial charge < -0.3 is 50.9 Å². The number of nitrogens with zero attached hydrogens (tertiary/aromatic N) is 4. The molecule has 0 aliphatic carbocycles. The van der Waals surface area contributed by atoms with Gasteiger partial charge in [-0.2, -0.15) is 4.31 Å². The third kappa shape index (κ3) is 24.8. The van der Waals surface area contributed by atoms with Crippen LogP contribution in [0.3, 0.4) is 0 Å². The zero-order valence-electron chi connectivity index (χ0n) is 40.8. The van der Waals surface area contributed by atoms with E-state index in [1.807, 2.05) is 0 Å². The van der Waals surface area contributed by atoms with Crippen LogP contribution in [0.1, 0.15) is 84.8 Å². The van der Waals surface area contributed by atoms with Crippen LogP contribution in [-0.2, 0) is 50.7 Å². The van der Waals surface area contributed by atoms with E-state index in [2.05, 4.69) is 114 Å². The lowest BCUT2D eigenvalue weighted by Crippen LogP contribution is -2.46. The highest BCUT2D eigenvalue weighted by Gasteiger charge is 2.50. The topological polar surface area (TPSA) is 364 Å². The van der Waals surface area contributed by atoms with Gasteiger partial charge in [-0.3, -0.25) is 32.5 Å². The number of nitrogen functional groups attached to an aromatic ring is 1. The normalized spacial score (nSPS) is 20.2. The molecule has 10 N–H and O–H groups in total. The second-order valence-corrected chi connectivity index (χ2v) is 22.0. The number of imidazole rings is 1. The van der Waals surface area contributed by atoms with E-state index in [0.717, 1.165) is 73.9 Å². The molecule has 4 unspecified atom stereocenters. The summed E-state index contributed by atoms with van der Waals surface area (Å²) in [4.78, 5) is 88.4. The van der Waals surface area contributed by atoms with Gasteiger partial charge in [-0.25, -0.2) is 28.6 Å². The van der Waals surface area contributed by atoms with Gasteiger partial charge in [-0.05, 0) is 57.4 Å². The molecule has 1 fully saturated rings. The summed E-state index contributed by atoms with van der Waals surface area (Å²) in [6.45, 7) is 2.57. The number of unbranched alkanes of at least 4 members (excludes halogenated alkanes) is 1. The Kier molecular flexibility index (Phi) is 27.8. The van der Waals surface area contributed by atoms with Crippen molar-refractivity contribution in [3.8, 4) is 0 Å². The number of nitrogens with two attached hydrogens (primary N) is 1. The van der Waals surface area contributed by atoms with E-state index in [-0.39, 0.29) is 41.6 Å². The van der Waals surface area contributed by atoms with Gasteiger partial charge in [0.2, 0.25) is 16.9 Å². The first-order valence-electron chi connectivity index (χ1n) is 23.2. The Morgan fingerprint density at radius 3 is 2.01 bits per heavy atom. The fourth-order valence-corrected chi connectivity index (χ4v) is 9.77. The summed E-state index contributed by atoms with van der Waals surface area (Å²) in [5, 5.41) is 26.4. The molecule has 1 saturated heterocycles. The van der Waals surface area contributed by atoms with Crippen LogP contribution in [-0.4, -0.2) is 123 Å². The van der Waals surface area contributed by atoms with Gasteiger partial charge >= 0.3 is 23.5 Å². The van der Waals surface area contributed by atoms with Crippen molar-refractivity contribution in [2.45, 2.75) is 109 Å². The Hall–Kier alpha value is -4.26. The summed E-state index contributed by atoms with van der Waals surface area (Å²) in [6, 6.07) is 0. The van der Waals surface area contributed by atoms with Gasteiger partial charge in [0.05, 0.1) is 19.5 Å². The first kappa shape index (κ1) is 63.0. The maximum absolute atomic E-state index is 12.8. The van der Waals surface area contributed by atoms with Crippen LogP contribution >= 0.6 is 35.2 Å². The number of hydrogen-bond donors (Lipinski definition) is 9. The molecule has 2 amide bonds. The lowest BCUT2D eigenvalue weighted by atomic mass is 9.87. The number of carbonyl (C=O) groups excluding carboxylic acids is 3. The van der Waals surface area contributed by atoms with E-state index in [1.165, 1.54) is 19.9 Å². The minimum Gasteiger partial charge on any atom is -0.386 e. The summed E-state index contributed by atoms with van der Waals surface area (Å²) in [6.07, 6.45) is 29.2. The largest absolute Gasteiger partial charge is 0.481 e. The first-order valence-corrected chi connectivity index (χ1v) is 28.7. The molecule has 0 radical (unpaired) electrons. The Balaban J connectivity index is 1.28. The number of amides is 2. The number of carbonyl (C=O) groups is 3. The van der Waals surface area contributed by atoms with Crippen molar-refractivity contribution in [3.63, 3.8) is 0 Å². The van der Waals surface area contributed by atoms with Crippen molar-refractivity contribution in [2.75, 3.05) is 37.8 Å². The highest BCUT2D eigenvalue weighted by molar-refractivity contribution is 8.14. The number of fused-ring (bicyclic) bond motifs is 1. The standard InChI is InChI=1S/C45H68N7O17P3S/c1-4-5-6-7-8-9-10-11-12-13-14-15-16-17-18-19-20-21-22-23-24-25-36(54)73-29-28-47-35(53)26-27-48-43(57)40(56)45(2,3)31-66-72(63,64)69-71(61,62)65-30-34-39(68-70(58,59)60)38(55)44(67-34)52-33-51-37-41(46)49-32-50-42(37)52/h5-6,8-9,11-12,14-15,17-18,20-21,24-25,32-34,38-40,44,55-56H,4,7,10,13,16,19,22-23,26-31H2,1-3H3,(H,47,53)(H,48,57)(H,61,62)(H,63,64)(H2,46,49,50)(H2,58,59,60)/b6-5-,9-8-,12-11-,15-14-,18-17-,21-20-,25-24+/t34-,38?,39?,40+,44-/m1/s1. The number of aromatic nitrogens is 4. The SMILES string of the molecule is CC/C=C\C/C=C\C/C=C\C/C=C\C/C=C\C/C=C\CC/C=C/C(=O)SCCNC(=O)CCNC(=O)[C@H](O)C(C)(C)COP(=O)(O)OP(=O)(O)OC[C@H]1O[C@@H](n2cnc3c(N)ncnc32)C(O)C1OP(=O)(O)O. The van der Waals surface area contributed by atoms with E-state index in [4.69, 9.17) is 19.5 Å². The van der Waals surface area contributed by atoms with E-state index in [1.54, 1.807) is 6.08 Å². The number of allylic oxidation sites excluding steroid dienone is 13. The van der Waals surface area contributed by atoms with Gasteiger partial charge in [0.25, 0.3) is 0 Å². The van der Waals surface area contributed by atoms with Crippen molar-refractivity contribution in [1.82, 2.24) is 30.2 Å². The average molecular weight is 1100 g/mol. The Bertz CT molecular complexity index is 2440. The Labute approximate surface area is 428 Å². The lowest BCUT2D eigenvalue weighted by molar-refractivity contribution is -0.137.